The van der Waals surface area contributed by atoms with Crippen molar-refractivity contribution in [2.45, 2.75) is 76.3 Å². The number of nitrogens with one attached hydrogen (secondary N) is 5. The van der Waals surface area contributed by atoms with Crippen LogP contribution >= 0.6 is 0 Å². The minimum absolute atomic E-state index is 0.0771. The number of rotatable bonds is 13. The Morgan fingerprint density at radius 1 is 0.767 bits per heavy atom. The number of piperidine rings is 1. The number of para-hydroxylation sites is 3. The lowest BCUT2D eigenvalue weighted by Gasteiger charge is -2.35. The largest absolute Gasteiger partial charge is 0.445 e. The first-order valence-electron chi connectivity index (χ1n) is 20.7. The van der Waals surface area contributed by atoms with E-state index in [1.165, 1.54) is 0 Å². The number of carbonyl (C=O) groups excluding carboxylic acids is 4. The fraction of sp³-hybridized carbons (Fsp3) is 0.326. The van der Waals surface area contributed by atoms with Crippen LogP contribution in [0, 0.1) is 0 Å². The van der Waals surface area contributed by atoms with Gasteiger partial charge in [-0.2, -0.15) is 0 Å². The third-order valence-corrected chi connectivity index (χ3v) is 11.6. The molecule has 2 atom stereocenters. The van der Waals surface area contributed by atoms with Gasteiger partial charge in [0, 0.05) is 55.2 Å². The van der Waals surface area contributed by atoms with Crippen molar-refractivity contribution in [2.75, 3.05) is 19.6 Å². The summed E-state index contributed by atoms with van der Waals surface area (Å²) in [6, 6.07) is 32.2. The molecule has 5 amide bonds. The minimum atomic E-state index is -0.947. The van der Waals surface area contributed by atoms with Crippen molar-refractivity contribution < 1.29 is 23.9 Å². The van der Waals surface area contributed by atoms with Crippen LogP contribution in [0.5, 0.6) is 0 Å². The lowest BCUT2D eigenvalue weighted by Crippen LogP contribution is -2.57. The van der Waals surface area contributed by atoms with Crippen molar-refractivity contribution in [3.8, 4) is 0 Å². The summed E-state index contributed by atoms with van der Waals surface area (Å²) >= 11 is 0. The number of likely N-dealkylation sites (tertiary alicyclic amines) is 1. The van der Waals surface area contributed by atoms with Gasteiger partial charge < -0.3 is 40.5 Å². The van der Waals surface area contributed by atoms with Crippen molar-refractivity contribution in [3.05, 3.63) is 142 Å². The van der Waals surface area contributed by atoms with Gasteiger partial charge in [-0.15, -0.1) is 0 Å². The van der Waals surface area contributed by atoms with Gasteiger partial charge in [0.15, 0.2) is 0 Å². The summed E-state index contributed by atoms with van der Waals surface area (Å²) in [5, 5.41) is 9.89. The predicted octanol–water partition coefficient (Wildman–Crippen LogP) is 5.89. The Bertz CT molecular complexity index is 2510. The highest BCUT2D eigenvalue weighted by molar-refractivity contribution is 5.94. The normalized spacial score (nSPS) is 16.3. The Balaban J connectivity index is 0.979. The lowest BCUT2D eigenvalue weighted by atomic mass is 10.0. The Hall–Kier alpha value is -6.83. The van der Waals surface area contributed by atoms with Crippen LogP contribution in [0.1, 0.15) is 60.5 Å². The van der Waals surface area contributed by atoms with E-state index in [9.17, 15) is 24.0 Å². The summed E-state index contributed by atoms with van der Waals surface area (Å²) in [6.07, 6.45) is 2.27. The second-order valence-electron chi connectivity index (χ2n) is 15.5. The monoisotopic (exact) mass is 810 g/mol. The maximum atomic E-state index is 14.8. The molecular weight excluding hydrogens is 761 g/mol. The van der Waals surface area contributed by atoms with Crippen LogP contribution in [0.3, 0.4) is 0 Å². The summed E-state index contributed by atoms with van der Waals surface area (Å²) in [5.41, 5.74) is 5.90. The molecule has 60 heavy (non-hydrogen) atoms. The number of urea groups is 1. The zero-order chi connectivity index (χ0) is 41.4. The van der Waals surface area contributed by atoms with Crippen molar-refractivity contribution in [3.63, 3.8) is 0 Å². The van der Waals surface area contributed by atoms with E-state index >= 15 is 0 Å². The van der Waals surface area contributed by atoms with Crippen LogP contribution in [-0.2, 0) is 40.4 Å². The fourth-order valence-electron chi connectivity index (χ4n) is 8.50. The van der Waals surface area contributed by atoms with Crippen LogP contribution in [-0.4, -0.2) is 80.0 Å². The number of amides is 5. The van der Waals surface area contributed by atoms with Gasteiger partial charge in [-0.05, 0) is 67.0 Å². The molecule has 0 radical (unpaired) electrons. The molecule has 0 aliphatic carbocycles. The number of fused-ring (bicyclic) bond motifs is 4. The molecule has 1 saturated heterocycles. The smallest absolute Gasteiger partial charge is 0.407 e. The molecule has 5 N–H and O–H groups in total. The fourth-order valence-corrected chi connectivity index (χ4v) is 8.50. The zero-order valence-corrected chi connectivity index (χ0v) is 33.4. The molecule has 6 aromatic rings. The molecule has 4 aromatic carbocycles. The van der Waals surface area contributed by atoms with Gasteiger partial charge in [-0.25, -0.2) is 14.4 Å². The first-order chi connectivity index (χ1) is 29.3. The number of ether oxygens (including phenoxy) is 1. The first-order valence-corrected chi connectivity index (χ1v) is 20.7. The van der Waals surface area contributed by atoms with Gasteiger partial charge in [0.05, 0.1) is 17.6 Å². The molecule has 2 aliphatic rings. The highest BCUT2D eigenvalue weighted by atomic mass is 16.5. The van der Waals surface area contributed by atoms with Crippen LogP contribution in [0.25, 0.3) is 21.9 Å². The Morgan fingerprint density at radius 3 is 2.22 bits per heavy atom. The number of unbranched alkanes of at least 4 members (excludes halogenated alkanes) is 1. The van der Waals surface area contributed by atoms with Crippen molar-refractivity contribution in [2.24, 2.45) is 0 Å². The number of alkyl carbamates (subject to hydrolysis) is 1. The molecule has 1 fully saturated rings. The number of H-pyrrole nitrogens is 2. The third kappa shape index (κ3) is 9.07. The quantitative estimate of drug-likeness (QED) is 0.0910. The molecule has 8 rings (SSSR count). The number of imidazole rings is 1. The third-order valence-electron chi connectivity index (χ3n) is 11.6. The van der Waals surface area contributed by atoms with Crippen LogP contribution in [0.2, 0.25) is 0 Å². The number of nitrogens with zero attached hydrogens (tertiary/aromatic N) is 3. The van der Waals surface area contributed by atoms with E-state index in [0.717, 1.165) is 44.3 Å². The SMILES string of the molecule is O=C(NCCCC[C@@H](C(=O)NCc1ccccc1)N1Cc2[nH]c3ccccc3c2C[C@@H](NC(=O)N2CCC(n3c(=O)[nH]c4ccccc43)CC2)C1=O)OCc1ccccc1. The Kier molecular flexibility index (Phi) is 12.3. The standard InChI is InChI=1S/C46H50N8O6/c55-42(48-28-31-13-3-1-4-14-31)41(21-11-12-24-47-46(59)60-30-32-15-5-2-6-16-32)53-29-39-35(34-17-7-8-18-36(34)49-39)27-38(43(53)56)51-44(57)52-25-22-33(23-26-52)54-40-20-10-9-19-37(40)50-45(54)58/h1-10,13-20,33,38,41,49H,11-12,21-30H2,(H,47,59)(H,48,55)(H,50,58)(H,51,57)/t38-,41+/m1/s1. The second-order valence-corrected chi connectivity index (χ2v) is 15.5. The lowest BCUT2D eigenvalue weighted by molar-refractivity contribution is -0.142. The first kappa shape index (κ1) is 40.0. The van der Waals surface area contributed by atoms with Crippen molar-refractivity contribution in [1.29, 1.82) is 0 Å². The van der Waals surface area contributed by atoms with E-state index in [4.69, 9.17) is 4.74 Å². The average molecular weight is 811 g/mol. The minimum Gasteiger partial charge on any atom is -0.445 e. The van der Waals surface area contributed by atoms with Crippen molar-refractivity contribution in [1.82, 2.24) is 40.3 Å². The second kappa shape index (κ2) is 18.4. The molecule has 0 unspecified atom stereocenters. The van der Waals surface area contributed by atoms with E-state index < -0.39 is 18.2 Å². The number of benzene rings is 4. The molecule has 14 nitrogen and oxygen atoms in total. The molecule has 14 heteroatoms. The van der Waals surface area contributed by atoms with Crippen LogP contribution in [0.15, 0.2) is 114 Å². The molecule has 0 spiro atoms. The summed E-state index contributed by atoms with van der Waals surface area (Å²) in [6.45, 7) is 1.73. The molecular formula is C46H50N8O6. The van der Waals surface area contributed by atoms with Crippen LogP contribution in [0.4, 0.5) is 9.59 Å². The van der Waals surface area contributed by atoms with E-state index in [1.807, 2.05) is 109 Å². The average Bonchev–Trinajstić information content (AvgIpc) is 3.77. The maximum absolute atomic E-state index is 14.8. The van der Waals surface area contributed by atoms with Gasteiger partial charge in [-0.3, -0.25) is 14.2 Å². The summed E-state index contributed by atoms with van der Waals surface area (Å²) in [7, 11) is 0. The number of hydrogen-bond acceptors (Lipinski definition) is 6. The number of carbonyl (C=O) groups is 4. The van der Waals surface area contributed by atoms with E-state index in [-0.39, 0.29) is 55.7 Å². The van der Waals surface area contributed by atoms with Gasteiger partial charge in [-0.1, -0.05) is 91.0 Å². The molecule has 0 bridgehead atoms. The summed E-state index contributed by atoms with van der Waals surface area (Å²) in [4.78, 5) is 78.2. The predicted molar refractivity (Wildman–Crippen MR) is 228 cm³/mol. The number of aromatic amines is 2. The van der Waals surface area contributed by atoms with Gasteiger partial charge >= 0.3 is 17.8 Å². The van der Waals surface area contributed by atoms with E-state index in [0.29, 0.717) is 51.7 Å². The molecule has 2 aromatic heterocycles. The Morgan fingerprint density at radius 2 is 1.45 bits per heavy atom. The molecule has 4 heterocycles. The number of aromatic nitrogens is 3. The van der Waals surface area contributed by atoms with Crippen molar-refractivity contribution >= 4 is 45.9 Å². The maximum Gasteiger partial charge on any atom is 0.407 e. The molecule has 310 valence electrons. The Labute approximate surface area is 347 Å². The number of hydrogen-bond donors (Lipinski definition) is 5. The van der Waals surface area contributed by atoms with E-state index in [2.05, 4.69) is 25.9 Å². The topological polar surface area (TPSA) is 174 Å². The highest BCUT2D eigenvalue weighted by Crippen LogP contribution is 2.30. The van der Waals surface area contributed by atoms with E-state index in [1.54, 1.807) is 14.4 Å². The summed E-state index contributed by atoms with van der Waals surface area (Å²) in [5.74, 6) is -0.651. The van der Waals surface area contributed by atoms with Gasteiger partial charge in [0.2, 0.25) is 11.8 Å². The highest BCUT2D eigenvalue weighted by Gasteiger charge is 2.39. The van der Waals surface area contributed by atoms with Gasteiger partial charge in [0.1, 0.15) is 18.7 Å². The zero-order valence-electron chi connectivity index (χ0n) is 33.4. The molecule has 0 saturated carbocycles. The summed E-state index contributed by atoms with van der Waals surface area (Å²) < 4.78 is 7.14. The molecule has 2 aliphatic heterocycles. The van der Waals surface area contributed by atoms with Gasteiger partial charge in [0.25, 0.3) is 0 Å². The van der Waals surface area contributed by atoms with Crippen LogP contribution < -0.4 is 21.6 Å².